The van der Waals surface area contributed by atoms with Crippen molar-refractivity contribution in [1.29, 1.82) is 0 Å². The minimum atomic E-state index is -0.588. The predicted molar refractivity (Wildman–Crippen MR) is 76.4 cm³/mol. The fraction of sp³-hybridized carbons (Fsp3) is 0.867. The molecule has 1 amide bonds. The lowest BCUT2D eigenvalue weighted by atomic mass is 10.1. The summed E-state index contributed by atoms with van der Waals surface area (Å²) >= 11 is 0. The van der Waals surface area contributed by atoms with Gasteiger partial charge in [-0.15, -0.1) is 0 Å². The minimum absolute atomic E-state index is 0.0276. The van der Waals surface area contributed by atoms with Gasteiger partial charge in [-0.25, -0.2) is 9.59 Å². The van der Waals surface area contributed by atoms with E-state index in [-0.39, 0.29) is 12.1 Å². The Labute approximate surface area is 121 Å². The molecule has 0 bridgehead atoms. The zero-order valence-electron chi connectivity index (χ0n) is 12.7. The maximum absolute atomic E-state index is 12.1. The van der Waals surface area contributed by atoms with E-state index in [1.165, 1.54) is 0 Å². The van der Waals surface area contributed by atoms with E-state index < -0.39 is 12.1 Å². The van der Waals surface area contributed by atoms with Gasteiger partial charge in [0.2, 0.25) is 0 Å². The van der Waals surface area contributed by atoms with Crippen LogP contribution in [-0.2, 0) is 14.3 Å². The van der Waals surface area contributed by atoms with Crippen LogP contribution < -0.4 is 5.32 Å². The second kappa shape index (κ2) is 9.61. The minimum Gasteiger partial charge on any atom is -0.461 e. The fourth-order valence-electron chi connectivity index (χ4n) is 2.28. The molecule has 0 spiro atoms. The molecule has 0 aliphatic heterocycles. The summed E-state index contributed by atoms with van der Waals surface area (Å²) in [4.78, 5) is 23.7. The highest BCUT2D eigenvalue weighted by Gasteiger charge is 2.26. The number of carbonyl (C=O) groups is 2. The SMILES string of the molecule is CCCCOC(=O)NC(CCC)C(=O)OC1CCCC1. The first-order chi connectivity index (χ1) is 9.67. The Kier molecular flexibility index (Phi) is 8.07. The molecule has 1 saturated carbocycles. The lowest BCUT2D eigenvalue weighted by Gasteiger charge is -2.19. The van der Waals surface area contributed by atoms with Crippen LogP contribution >= 0.6 is 0 Å². The van der Waals surface area contributed by atoms with E-state index in [1.807, 2.05) is 13.8 Å². The van der Waals surface area contributed by atoms with E-state index in [9.17, 15) is 9.59 Å². The largest absolute Gasteiger partial charge is 0.461 e. The van der Waals surface area contributed by atoms with Crippen LogP contribution in [0.3, 0.4) is 0 Å². The molecular weight excluding hydrogens is 258 g/mol. The number of nitrogens with one attached hydrogen (secondary N) is 1. The van der Waals surface area contributed by atoms with Crippen LogP contribution in [0.5, 0.6) is 0 Å². The van der Waals surface area contributed by atoms with Crippen molar-refractivity contribution in [2.24, 2.45) is 0 Å². The van der Waals surface area contributed by atoms with Crippen LogP contribution in [0.2, 0.25) is 0 Å². The number of esters is 1. The number of ether oxygens (including phenoxy) is 2. The number of carbonyl (C=O) groups excluding carboxylic acids is 2. The van der Waals surface area contributed by atoms with Crippen molar-refractivity contribution >= 4 is 12.1 Å². The summed E-state index contributed by atoms with van der Waals surface area (Å²) in [6, 6.07) is -0.588. The number of hydrogen-bond acceptors (Lipinski definition) is 4. The van der Waals surface area contributed by atoms with Crippen LogP contribution in [0.1, 0.15) is 65.2 Å². The van der Waals surface area contributed by atoms with Crippen LogP contribution in [0, 0.1) is 0 Å². The van der Waals surface area contributed by atoms with Gasteiger partial charge in [0.25, 0.3) is 0 Å². The van der Waals surface area contributed by atoms with Gasteiger partial charge in [0, 0.05) is 0 Å². The maximum atomic E-state index is 12.1. The molecule has 20 heavy (non-hydrogen) atoms. The summed E-state index contributed by atoms with van der Waals surface area (Å²) in [6.07, 6.45) is 6.78. The van der Waals surface area contributed by atoms with Crippen molar-refractivity contribution in [1.82, 2.24) is 5.32 Å². The highest BCUT2D eigenvalue weighted by atomic mass is 16.6. The third-order valence-corrected chi connectivity index (χ3v) is 3.47. The molecule has 1 N–H and O–H groups in total. The normalized spacial score (nSPS) is 16.7. The molecule has 0 aromatic rings. The number of unbranched alkanes of at least 4 members (excludes halogenated alkanes) is 1. The third kappa shape index (κ3) is 6.26. The highest BCUT2D eigenvalue weighted by molar-refractivity contribution is 5.81. The quantitative estimate of drug-likeness (QED) is 0.549. The number of rotatable bonds is 8. The lowest BCUT2D eigenvalue weighted by molar-refractivity contribution is -0.151. The monoisotopic (exact) mass is 285 g/mol. The first kappa shape index (κ1) is 16.8. The lowest BCUT2D eigenvalue weighted by Crippen LogP contribution is -2.43. The van der Waals surface area contributed by atoms with Gasteiger partial charge in [0.15, 0.2) is 0 Å². The van der Waals surface area contributed by atoms with E-state index in [0.717, 1.165) is 44.9 Å². The predicted octanol–water partition coefficient (Wildman–Crippen LogP) is 3.17. The highest BCUT2D eigenvalue weighted by Crippen LogP contribution is 2.21. The van der Waals surface area contributed by atoms with Crippen molar-refractivity contribution in [3.63, 3.8) is 0 Å². The van der Waals surface area contributed by atoms with Crippen LogP contribution in [-0.4, -0.2) is 30.8 Å². The average molecular weight is 285 g/mol. The first-order valence-corrected chi connectivity index (χ1v) is 7.81. The number of alkyl carbamates (subject to hydrolysis) is 1. The molecular formula is C15H27NO4. The smallest absolute Gasteiger partial charge is 0.407 e. The fourth-order valence-corrected chi connectivity index (χ4v) is 2.28. The Morgan fingerprint density at radius 2 is 1.90 bits per heavy atom. The van der Waals surface area contributed by atoms with E-state index in [0.29, 0.717) is 13.0 Å². The molecule has 1 atom stereocenters. The first-order valence-electron chi connectivity index (χ1n) is 7.81. The molecule has 1 fully saturated rings. The molecule has 0 saturated heterocycles. The van der Waals surface area contributed by atoms with Crippen molar-refractivity contribution < 1.29 is 19.1 Å². The molecule has 0 heterocycles. The van der Waals surface area contributed by atoms with E-state index in [2.05, 4.69) is 5.32 Å². The van der Waals surface area contributed by atoms with Crippen molar-refractivity contribution in [3.8, 4) is 0 Å². The molecule has 0 radical (unpaired) electrons. The summed E-state index contributed by atoms with van der Waals surface area (Å²) in [7, 11) is 0. The van der Waals surface area contributed by atoms with Gasteiger partial charge >= 0.3 is 12.1 Å². The zero-order chi connectivity index (χ0) is 14.8. The Balaban J connectivity index is 2.37. The molecule has 1 rings (SSSR count). The molecule has 0 aromatic carbocycles. The van der Waals surface area contributed by atoms with Gasteiger partial charge in [-0.3, -0.25) is 0 Å². The molecule has 5 nitrogen and oxygen atoms in total. The summed E-state index contributed by atoms with van der Waals surface area (Å²) in [5, 5.41) is 2.61. The second-order valence-electron chi connectivity index (χ2n) is 5.32. The molecule has 116 valence electrons. The molecule has 1 unspecified atom stereocenters. The summed E-state index contributed by atoms with van der Waals surface area (Å²) < 4.78 is 10.5. The van der Waals surface area contributed by atoms with Gasteiger partial charge in [0.05, 0.1) is 6.61 Å². The van der Waals surface area contributed by atoms with Gasteiger partial charge in [0.1, 0.15) is 12.1 Å². The summed E-state index contributed by atoms with van der Waals surface area (Å²) in [5.74, 6) is -0.328. The van der Waals surface area contributed by atoms with Crippen molar-refractivity contribution in [3.05, 3.63) is 0 Å². The van der Waals surface area contributed by atoms with Crippen molar-refractivity contribution in [2.75, 3.05) is 6.61 Å². The Morgan fingerprint density at radius 1 is 1.20 bits per heavy atom. The maximum Gasteiger partial charge on any atom is 0.407 e. The average Bonchev–Trinajstić information content (AvgIpc) is 2.91. The molecule has 1 aliphatic carbocycles. The van der Waals surface area contributed by atoms with Gasteiger partial charge in [-0.1, -0.05) is 26.7 Å². The van der Waals surface area contributed by atoms with Gasteiger partial charge < -0.3 is 14.8 Å². The van der Waals surface area contributed by atoms with Gasteiger partial charge in [-0.05, 0) is 38.5 Å². The Hall–Kier alpha value is -1.26. The van der Waals surface area contributed by atoms with E-state index >= 15 is 0 Å². The topological polar surface area (TPSA) is 64.6 Å². The standard InChI is InChI=1S/C15H27NO4/c1-3-5-11-19-15(18)16-13(8-4-2)14(17)20-12-9-6-7-10-12/h12-13H,3-11H2,1-2H3,(H,16,18). The van der Waals surface area contributed by atoms with Crippen LogP contribution in [0.15, 0.2) is 0 Å². The van der Waals surface area contributed by atoms with Crippen LogP contribution in [0.4, 0.5) is 4.79 Å². The number of amides is 1. The summed E-state index contributed by atoms with van der Waals surface area (Å²) in [5.41, 5.74) is 0. The van der Waals surface area contributed by atoms with E-state index in [1.54, 1.807) is 0 Å². The second-order valence-corrected chi connectivity index (χ2v) is 5.32. The number of hydrogen-bond donors (Lipinski definition) is 1. The van der Waals surface area contributed by atoms with E-state index in [4.69, 9.17) is 9.47 Å². The Bertz CT molecular complexity index is 300. The van der Waals surface area contributed by atoms with Crippen LogP contribution in [0.25, 0.3) is 0 Å². The molecule has 5 heteroatoms. The zero-order valence-corrected chi connectivity index (χ0v) is 12.7. The Morgan fingerprint density at radius 3 is 2.50 bits per heavy atom. The third-order valence-electron chi connectivity index (χ3n) is 3.47. The molecule has 0 aromatic heterocycles. The van der Waals surface area contributed by atoms with Crippen molar-refractivity contribution in [2.45, 2.75) is 77.4 Å². The summed E-state index contributed by atoms with van der Waals surface area (Å²) in [6.45, 7) is 4.39. The van der Waals surface area contributed by atoms with Gasteiger partial charge in [-0.2, -0.15) is 0 Å². The molecule has 1 aliphatic rings.